The van der Waals surface area contributed by atoms with Gasteiger partial charge in [0.2, 0.25) is 0 Å². The van der Waals surface area contributed by atoms with Crippen molar-refractivity contribution in [1.82, 2.24) is 14.5 Å². The van der Waals surface area contributed by atoms with E-state index in [-0.39, 0.29) is 5.69 Å². The number of aromatic nitrogens is 3. The largest absolute Gasteiger partial charge is 0.362 e. The average molecular weight is 312 g/mol. The first-order valence-corrected chi connectivity index (χ1v) is 5.87. The zero-order chi connectivity index (χ0) is 13.1. The van der Waals surface area contributed by atoms with Gasteiger partial charge in [0.15, 0.2) is 0 Å². The molecule has 2 rings (SSSR count). The number of hydrogen-bond donors (Lipinski definition) is 1. The maximum atomic E-state index is 10.6. The predicted molar refractivity (Wildman–Crippen MR) is 69.1 cm³/mol. The Kier molecular flexibility index (Phi) is 3.56. The van der Waals surface area contributed by atoms with Crippen molar-refractivity contribution < 1.29 is 4.92 Å². The smallest absolute Gasteiger partial charge is 0.288 e. The van der Waals surface area contributed by atoms with E-state index in [0.717, 1.165) is 5.82 Å². The molecular weight excluding hydrogens is 302 g/mol. The Morgan fingerprint density at radius 3 is 2.89 bits per heavy atom. The highest BCUT2D eigenvalue weighted by Crippen LogP contribution is 2.24. The molecule has 0 unspecified atom stereocenters. The Hall–Kier alpha value is -1.96. The summed E-state index contributed by atoms with van der Waals surface area (Å²) in [5.41, 5.74) is -0.0515. The van der Waals surface area contributed by atoms with Crippen LogP contribution in [0.1, 0.15) is 5.82 Å². The third-order valence-corrected chi connectivity index (χ3v) is 2.98. The monoisotopic (exact) mass is 311 g/mol. The second kappa shape index (κ2) is 5.13. The van der Waals surface area contributed by atoms with E-state index in [0.29, 0.717) is 16.8 Å². The lowest BCUT2D eigenvalue weighted by Crippen LogP contribution is -2.07. The van der Waals surface area contributed by atoms with Gasteiger partial charge in [-0.3, -0.25) is 10.1 Å². The number of aryl methyl sites for hydroxylation is 1. The molecule has 0 fully saturated rings. The molecule has 0 saturated carbocycles. The Labute approximate surface area is 111 Å². The van der Waals surface area contributed by atoms with Crippen LogP contribution >= 0.6 is 15.9 Å². The van der Waals surface area contributed by atoms with Crippen LogP contribution in [-0.4, -0.2) is 19.5 Å². The first-order valence-electron chi connectivity index (χ1n) is 5.08. The molecule has 0 spiro atoms. The summed E-state index contributed by atoms with van der Waals surface area (Å²) in [7, 11) is 1.89. The number of nitrogens with one attached hydrogen (secondary N) is 1. The molecular formula is C10H10BrN5O2. The van der Waals surface area contributed by atoms with Crippen molar-refractivity contribution in [3.8, 4) is 0 Å². The number of anilines is 1. The fourth-order valence-electron chi connectivity index (χ4n) is 1.39. The third-order valence-electron chi connectivity index (χ3n) is 2.37. The lowest BCUT2D eigenvalue weighted by molar-refractivity contribution is -0.385. The number of imidazole rings is 1. The van der Waals surface area contributed by atoms with Crippen LogP contribution in [0.25, 0.3) is 0 Å². The van der Waals surface area contributed by atoms with Crippen molar-refractivity contribution in [3.63, 3.8) is 0 Å². The normalized spacial score (nSPS) is 10.3. The molecule has 7 nitrogen and oxygen atoms in total. The van der Waals surface area contributed by atoms with Crippen LogP contribution < -0.4 is 5.32 Å². The highest BCUT2D eigenvalue weighted by molar-refractivity contribution is 9.10. The minimum Gasteiger partial charge on any atom is -0.362 e. The summed E-state index contributed by atoms with van der Waals surface area (Å²) in [5, 5.41) is 13.6. The van der Waals surface area contributed by atoms with E-state index in [1.54, 1.807) is 6.20 Å². The van der Waals surface area contributed by atoms with Gasteiger partial charge in [0.25, 0.3) is 5.69 Å². The fourth-order valence-corrected chi connectivity index (χ4v) is 1.86. The first-order chi connectivity index (χ1) is 8.58. The SMILES string of the molecule is Cn1ccnc1CNc1ncc([N+](=O)[O-])cc1Br. The second-order valence-electron chi connectivity index (χ2n) is 3.59. The van der Waals surface area contributed by atoms with Crippen LogP contribution in [0, 0.1) is 10.1 Å². The van der Waals surface area contributed by atoms with Crippen molar-refractivity contribution in [3.05, 3.63) is 45.1 Å². The van der Waals surface area contributed by atoms with Crippen LogP contribution in [0.15, 0.2) is 29.1 Å². The number of hydrogen-bond acceptors (Lipinski definition) is 5. The molecule has 94 valence electrons. The highest BCUT2D eigenvalue weighted by Gasteiger charge is 2.10. The molecule has 0 aliphatic heterocycles. The van der Waals surface area contributed by atoms with Gasteiger partial charge in [-0.1, -0.05) is 0 Å². The Bertz CT molecular complexity index is 583. The van der Waals surface area contributed by atoms with Crippen molar-refractivity contribution in [2.75, 3.05) is 5.32 Å². The quantitative estimate of drug-likeness (QED) is 0.690. The lowest BCUT2D eigenvalue weighted by atomic mass is 10.4. The molecule has 2 heterocycles. The molecule has 0 atom stereocenters. The Morgan fingerprint density at radius 2 is 2.33 bits per heavy atom. The summed E-state index contributed by atoms with van der Waals surface area (Å²) in [6, 6.07) is 1.41. The summed E-state index contributed by atoms with van der Waals surface area (Å²) in [5.74, 6) is 1.39. The summed E-state index contributed by atoms with van der Waals surface area (Å²) < 4.78 is 2.43. The number of rotatable bonds is 4. The third kappa shape index (κ3) is 2.65. The van der Waals surface area contributed by atoms with E-state index in [9.17, 15) is 10.1 Å². The number of nitro groups is 1. The fraction of sp³-hybridized carbons (Fsp3) is 0.200. The van der Waals surface area contributed by atoms with Crippen LogP contribution in [-0.2, 0) is 13.6 Å². The number of nitrogens with zero attached hydrogens (tertiary/aromatic N) is 4. The van der Waals surface area contributed by atoms with Crippen molar-refractivity contribution in [1.29, 1.82) is 0 Å². The summed E-state index contributed by atoms with van der Waals surface area (Å²) in [4.78, 5) is 18.2. The maximum absolute atomic E-state index is 10.6. The van der Waals surface area contributed by atoms with E-state index < -0.39 is 4.92 Å². The van der Waals surface area contributed by atoms with Crippen LogP contribution in [0.5, 0.6) is 0 Å². The van der Waals surface area contributed by atoms with Gasteiger partial charge in [-0.25, -0.2) is 9.97 Å². The summed E-state index contributed by atoms with van der Waals surface area (Å²) in [6.07, 6.45) is 4.76. The van der Waals surface area contributed by atoms with Crippen LogP contribution in [0.4, 0.5) is 11.5 Å². The maximum Gasteiger partial charge on any atom is 0.288 e. The molecule has 0 saturated heterocycles. The van der Waals surface area contributed by atoms with Crippen LogP contribution in [0.2, 0.25) is 0 Å². The molecule has 0 aliphatic rings. The highest BCUT2D eigenvalue weighted by atomic mass is 79.9. The van der Waals surface area contributed by atoms with E-state index in [4.69, 9.17) is 0 Å². The van der Waals surface area contributed by atoms with E-state index in [1.807, 2.05) is 17.8 Å². The van der Waals surface area contributed by atoms with Gasteiger partial charge in [-0.05, 0) is 15.9 Å². The van der Waals surface area contributed by atoms with Gasteiger partial charge in [-0.15, -0.1) is 0 Å². The average Bonchev–Trinajstić information content (AvgIpc) is 2.73. The van der Waals surface area contributed by atoms with E-state index >= 15 is 0 Å². The minimum atomic E-state index is -0.486. The van der Waals surface area contributed by atoms with Gasteiger partial charge in [-0.2, -0.15) is 0 Å². The Morgan fingerprint density at radius 1 is 1.56 bits per heavy atom. The summed E-state index contributed by atoms with van der Waals surface area (Å²) in [6.45, 7) is 0.493. The summed E-state index contributed by atoms with van der Waals surface area (Å²) >= 11 is 3.24. The predicted octanol–water partition coefficient (Wildman–Crippen LogP) is 2.10. The van der Waals surface area contributed by atoms with Crippen LogP contribution in [0.3, 0.4) is 0 Å². The van der Waals surface area contributed by atoms with Gasteiger partial charge in [0.1, 0.15) is 17.8 Å². The molecule has 0 aromatic carbocycles. The van der Waals surface area contributed by atoms with Crippen molar-refractivity contribution in [2.45, 2.75) is 6.54 Å². The molecule has 8 heteroatoms. The van der Waals surface area contributed by atoms with E-state index in [2.05, 4.69) is 31.2 Å². The standard InChI is InChI=1S/C10H10BrN5O2/c1-15-3-2-12-9(15)6-14-10-8(11)4-7(5-13-10)16(17)18/h2-5H,6H2,1H3,(H,13,14). The first kappa shape index (κ1) is 12.5. The molecule has 2 aromatic rings. The Balaban J connectivity index is 2.11. The molecule has 18 heavy (non-hydrogen) atoms. The van der Waals surface area contributed by atoms with Gasteiger partial charge in [0, 0.05) is 25.5 Å². The zero-order valence-electron chi connectivity index (χ0n) is 9.50. The second-order valence-corrected chi connectivity index (χ2v) is 4.44. The van der Waals surface area contributed by atoms with Gasteiger partial charge in [0.05, 0.1) is 15.9 Å². The molecule has 0 amide bonds. The van der Waals surface area contributed by atoms with Gasteiger partial charge >= 0.3 is 0 Å². The number of halogens is 1. The lowest BCUT2D eigenvalue weighted by Gasteiger charge is -2.07. The molecule has 0 radical (unpaired) electrons. The molecule has 1 N–H and O–H groups in total. The molecule has 2 aromatic heterocycles. The van der Waals surface area contributed by atoms with E-state index in [1.165, 1.54) is 12.3 Å². The zero-order valence-corrected chi connectivity index (χ0v) is 11.1. The molecule has 0 aliphatic carbocycles. The van der Waals surface area contributed by atoms with Gasteiger partial charge < -0.3 is 9.88 Å². The minimum absolute atomic E-state index is 0.0515. The topological polar surface area (TPSA) is 85.9 Å². The number of pyridine rings is 1. The molecule has 0 bridgehead atoms. The van der Waals surface area contributed by atoms with Crippen molar-refractivity contribution >= 4 is 27.4 Å². The van der Waals surface area contributed by atoms with Crippen molar-refractivity contribution in [2.24, 2.45) is 7.05 Å².